The van der Waals surface area contributed by atoms with Crippen molar-refractivity contribution in [2.75, 3.05) is 33.0 Å². The summed E-state index contributed by atoms with van der Waals surface area (Å²) < 4.78 is 25.2. The molecule has 3 heterocycles. The van der Waals surface area contributed by atoms with Crippen LogP contribution in [-0.2, 0) is 11.3 Å². The number of methoxy groups -OCH3 is 2. The van der Waals surface area contributed by atoms with Crippen molar-refractivity contribution in [2.24, 2.45) is 0 Å². The molecule has 5 rings (SSSR count). The lowest BCUT2D eigenvalue weighted by atomic mass is 10.0. The zero-order valence-corrected chi connectivity index (χ0v) is 20.5. The number of halogens is 1. The van der Waals surface area contributed by atoms with Crippen molar-refractivity contribution in [3.63, 3.8) is 0 Å². The minimum Gasteiger partial charge on any atom is -0.496 e. The number of aromatic amines is 1. The number of likely N-dealkylation sites (tertiary alicyclic amines) is 1. The molecule has 4 aromatic rings. The predicted octanol–water partition coefficient (Wildman–Crippen LogP) is 2.58. The second-order valence-electron chi connectivity index (χ2n) is 8.65. The first kappa shape index (κ1) is 24.6. The maximum Gasteiger partial charge on any atom is 0.409 e. The van der Waals surface area contributed by atoms with Gasteiger partial charge in [0, 0.05) is 30.6 Å². The van der Waals surface area contributed by atoms with Crippen LogP contribution in [0.5, 0.6) is 5.75 Å². The number of H-pyrrole nitrogens is 1. The fourth-order valence-corrected chi connectivity index (χ4v) is 4.49. The van der Waals surface area contributed by atoms with E-state index in [9.17, 15) is 19.2 Å². The highest BCUT2D eigenvalue weighted by Gasteiger charge is 2.35. The Kier molecular flexibility index (Phi) is 6.29. The normalized spacial score (nSPS) is 13.2. The third-order valence-corrected chi connectivity index (χ3v) is 6.50. The van der Waals surface area contributed by atoms with Crippen molar-refractivity contribution in [3.8, 4) is 23.1 Å². The van der Waals surface area contributed by atoms with Crippen molar-refractivity contribution in [1.82, 2.24) is 30.2 Å². The van der Waals surface area contributed by atoms with Crippen molar-refractivity contribution in [2.45, 2.75) is 12.6 Å². The zero-order valence-electron chi connectivity index (χ0n) is 20.5. The number of amides is 2. The topological polar surface area (TPSA) is 164 Å². The van der Waals surface area contributed by atoms with E-state index in [1.54, 1.807) is 23.0 Å². The quantitative estimate of drug-likeness (QED) is 0.350. The number of nitrogens with two attached hydrogens (primary N) is 1. The highest BCUT2D eigenvalue weighted by molar-refractivity contribution is 5.99. The van der Waals surface area contributed by atoms with Gasteiger partial charge in [-0.05, 0) is 23.8 Å². The Labute approximate surface area is 215 Å². The minimum atomic E-state index is -0.553. The van der Waals surface area contributed by atoms with Crippen LogP contribution >= 0.6 is 0 Å². The summed E-state index contributed by atoms with van der Waals surface area (Å²) in [7, 11) is 2.72. The van der Waals surface area contributed by atoms with Crippen molar-refractivity contribution in [1.29, 1.82) is 5.26 Å². The van der Waals surface area contributed by atoms with Crippen LogP contribution in [0, 0.1) is 17.1 Å². The molecule has 0 spiro atoms. The van der Waals surface area contributed by atoms with Crippen LogP contribution in [0.1, 0.15) is 27.5 Å². The molecule has 2 aromatic carbocycles. The van der Waals surface area contributed by atoms with E-state index in [4.69, 9.17) is 15.2 Å². The Morgan fingerprint density at radius 3 is 2.79 bits per heavy atom. The number of hydrogen-bond donors (Lipinski definition) is 3. The third-order valence-electron chi connectivity index (χ3n) is 6.50. The third kappa shape index (κ3) is 4.11. The van der Waals surface area contributed by atoms with Gasteiger partial charge >= 0.3 is 6.09 Å². The number of ether oxygens (including phenoxy) is 2. The number of nitriles is 1. The number of nitrogens with zero attached hydrogens (tertiary/aromatic N) is 5. The first-order chi connectivity index (χ1) is 18.4. The van der Waals surface area contributed by atoms with E-state index >= 15 is 0 Å². The van der Waals surface area contributed by atoms with Crippen molar-refractivity contribution >= 4 is 28.7 Å². The molecule has 1 fully saturated rings. The number of anilines is 1. The Hall–Kier alpha value is -5.12. The molecular weight excluding hydrogens is 495 g/mol. The lowest BCUT2D eigenvalue weighted by Gasteiger charge is -2.38. The number of benzene rings is 2. The molecule has 2 amide bonds. The molecule has 0 aliphatic carbocycles. The molecule has 0 atom stereocenters. The summed E-state index contributed by atoms with van der Waals surface area (Å²) in [5.74, 6) is -0.598. The van der Waals surface area contributed by atoms with Crippen molar-refractivity contribution < 1.29 is 23.5 Å². The summed E-state index contributed by atoms with van der Waals surface area (Å²) in [4.78, 5) is 26.0. The van der Waals surface area contributed by atoms with E-state index in [2.05, 4.69) is 26.7 Å². The summed E-state index contributed by atoms with van der Waals surface area (Å²) in [6.45, 7) is 0.835. The van der Waals surface area contributed by atoms with Crippen molar-refractivity contribution in [3.05, 3.63) is 59.0 Å². The summed E-state index contributed by atoms with van der Waals surface area (Å²) in [5, 5.41) is 25.0. The molecule has 2 aromatic heterocycles. The molecule has 0 unspecified atom stereocenters. The summed E-state index contributed by atoms with van der Waals surface area (Å²) in [5.41, 5.74) is 8.91. The molecule has 38 heavy (non-hydrogen) atoms. The second kappa shape index (κ2) is 9.74. The number of aromatic nitrogens is 4. The maximum absolute atomic E-state index is 13.7. The molecule has 1 aliphatic heterocycles. The second-order valence-corrected chi connectivity index (χ2v) is 8.65. The Morgan fingerprint density at radius 1 is 1.29 bits per heavy atom. The van der Waals surface area contributed by atoms with Gasteiger partial charge in [0.1, 0.15) is 34.7 Å². The lowest BCUT2D eigenvalue weighted by Crippen LogP contribution is -2.51. The zero-order chi connectivity index (χ0) is 27.0. The number of carbonyl (C=O) groups excluding carboxylic acids is 2. The van der Waals surface area contributed by atoms with Crippen LogP contribution in [0.25, 0.3) is 22.2 Å². The lowest BCUT2D eigenvalue weighted by molar-refractivity contribution is 0.0682. The Morgan fingerprint density at radius 2 is 2.08 bits per heavy atom. The largest absolute Gasteiger partial charge is 0.496 e. The van der Waals surface area contributed by atoms with Gasteiger partial charge in [-0.15, -0.1) is 0 Å². The van der Waals surface area contributed by atoms with Gasteiger partial charge < -0.3 is 25.4 Å². The van der Waals surface area contributed by atoms with E-state index < -0.39 is 17.8 Å². The maximum atomic E-state index is 13.7. The fraction of sp³-hybridized carbons (Fsp3) is 0.240. The number of hydrogen-bond acceptors (Lipinski definition) is 8. The van der Waals surface area contributed by atoms with E-state index in [0.717, 1.165) is 6.07 Å². The van der Waals surface area contributed by atoms with Crippen LogP contribution in [0.15, 0.2) is 36.5 Å². The van der Waals surface area contributed by atoms with Gasteiger partial charge in [-0.25, -0.2) is 13.9 Å². The van der Waals surface area contributed by atoms with Crippen LogP contribution in [0.3, 0.4) is 0 Å². The molecule has 0 saturated carbocycles. The Bertz CT molecular complexity index is 1600. The summed E-state index contributed by atoms with van der Waals surface area (Å²) in [6, 6.07) is 9.21. The first-order valence-electron chi connectivity index (χ1n) is 11.5. The van der Waals surface area contributed by atoms with Crippen LogP contribution in [-0.4, -0.2) is 64.2 Å². The van der Waals surface area contributed by atoms with E-state index in [1.165, 1.54) is 31.3 Å². The number of nitrogen functional groups attached to an aromatic ring is 1. The number of nitrogens with one attached hydrogen (secondary N) is 2. The average Bonchev–Trinajstić information content (AvgIpc) is 3.51. The number of rotatable bonds is 6. The Balaban J connectivity index is 1.42. The first-order valence-corrected chi connectivity index (χ1v) is 11.5. The number of carbonyl (C=O) groups is 2. The van der Waals surface area contributed by atoms with E-state index in [0.29, 0.717) is 40.8 Å². The SMILES string of the molecule is COC(=O)N1CC(n2nc(-c3ccc(CNC(=O)c4cc(F)ccc4OC)c4[nH]ncc34)c(C#N)c2N)C1. The minimum absolute atomic E-state index is 0.0754. The molecule has 1 aliphatic rings. The number of fused-ring (bicyclic) bond motifs is 1. The summed E-state index contributed by atoms with van der Waals surface area (Å²) >= 11 is 0. The molecule has 1 saturated heterocycles. The van der Waals surface area contributed by atoms with Gasteiger partial charge in [0.2, 0.25) is 0 Å². The molecule has 12 nitrogen and oxygen atoms in total. The van der Waals surface area contributed by atoms with Gasteiger partial charge in [0.25, 0.3) is 5.91 Å². The van der Waals surface area contributed by atoms with Gasteiger partial charge in [-0.3, -0.25) is 9.89 Å². The van der Waals surface area contributed by atoms with Crippen LogP contribution in [0.4, 0.5) is 15.0 Å². The monoisotopic (exact) mass is 518 g/mol. The highest BCUT2D eigenvalue weighted by atomic mass is 19.1. The molecule has 0 radical (unpaired) electrons. The fourth-order valence-electron chi connectivity index (χ4n) is 4.49. The van der Waals surface area contributed by atoms with Gasteiger partial charge in [-0.2, -0.15) is 15.5 Å². The van der Waals surface area contributed by atoms with Gasteiger partial charge in [0.05, 0.1) is 37.5 Å². The van der Waals surface area contributed by atoms with E-state index in [-0.39, 0.29) is 35.3 Å². The predicted molar refractivity (Wildman–Crippen MR) is 134 cm³/mol. The standard InChI is InChI=1S/C25H23FN8O4/c1-37-20-6-4-14(26)7-17(20)24(35)29-9-13-3-5-16(19-10-30-31-21(13)19)22-18(8-27)23(28)34(32-22)15-11-33(12-15)25(36)38-2/h3-7,10,15H,9,11-12,28H2,1-2H3,(H,29,35)(H,30,31). The van der Waals surface area contributed by atoms with Gasteiger partial charge in [0.15, 0.2) is 0 Å². The highest BCUT2D eigenvalue weighted by Crippen LogP contribution is 2.36. The smallest absolute Gasteiger partial charge is 0.409 e. The molecule has 4 N–H and O–H groups in total. The molecule has 194 valence electrons. The molecular formula is C25H23FN8O4. The summed E-state index contributed by atoms with van der Waals surface area (Å²) in [6.07, 6.45) is 1.16. The van der Waals surface area contributed by atoms with E-state index in [1.807, 2.05) is 0 Å². The van der Waals surface area contributed by atoms with Gasteiger partial charge in [-0.1, -0.05) is 12.1 Å². The van der Waals surface area contributed by atoms with Crippen LogP contribution in [0.2, 0.25) is 0 Å². The van der Waals surface area contributed by atoms with Crippen LogP contribution < -0.4 is 15.8 Å². The average molecular weight is 519 g/mol. The molecule has 13 heteroatoms. The molecule has 0 bridgehead atoms.